The van der Waals surface area contributed by atoms with Crippen molar-refractivity contribution in [3.05, 3.63) is 58.1 Å². The lowest BCUT2D eigenvalue weighted by Gasteiger charge is -2.24. The summed E-state index contributed by atoms with van der Waals surface area (Å²) in [4.78, 5) is 18.9. The van der Waals surface area contributed by atoms with E-state index in [4.69, 9.17) is 32.9 Å². The number of imidazole rings is 1. The molecule has 2 heterocycles. The van der Waals surface area contributed by atoms with E-state index in [-0.39, 0.29) is 12.1 Å². The van der Waals surface area contributed by atoms with E-state index in [2.05, 4.69) is 9.88 Å². The van der Waals surface area contributed by atoms with Crippen LogP contribution in [0, 0.1) is 0 Å². The quantitative estimate of drug-likeness (QED) is 0.533. The zero-order chi connectivity index (χ0) is 22.2. The molecule has 0 radical (unpaired) electrons. The van der Waals surface area contributed by atoms with E-state index in [1.165, 1.54) is 0 Å². The van der Waals surface area contributed by atoms with Gasteiger partial charge in [-0.15, -0.1) is 0 Å². The summed E-state index contributed by atoms with van der Waals surface area (Å²) in [7, 11) is 0. The van der Waals surface area contributed by atoms with Gasteiger partial charge in [0.2, 0.25) is 5.95 Å². The van der Waals surface area contributed by atoms with Crippen LogP contribution in [-0.2, 0) is 11.3 Å². The van der Waals surface area contributed by atoms with Gasteiger partial charge in [0.15, 0.2) is 0 Å². The van der Waals surface area contributed by atoms with Gasteiger partial charge in [0, 0.05) is 19.1 Å². The van der Waals surface area contributed by atoms with E-state index in [0.717, 1.165) is 29.0 Å². The molecule has 0 aliphatic carbocycles. The van der Waals surface area contributed by atoms with Crippen molar-refractivity contribution < 1.29 is 9.53 Å². The molecular weight excluding hydrogens is 435 g/mol. The van der Waals surface area contributed by atoms with Crippen molar-refractivity contribution in [2.24, 2.45) is 0 Å². The monoisotopic (exact) mass is 460 g/mol. The number of carbonyl (C=O) groups excluding carboxylic acids is 1. The molecule has 1 aliphatic rings. The van der Waals surface area contributed by atoms with Crippen LogP contribution >= 0.6 is 23.2 Å². The van der Waals surface area contributed by atoms with Crippen molar-refractivity contribution in [1.29, 1.82) is 0 Å². The molecule has 1 N–H and O–H groups in total. The minimum absolute atomic E-state index is 0.0943. The number of para-hydroxylation sites is 2. The number of aromatic nitrogens is 2. The first-order chi connectivity index (χ1) is 14.7. The van der Waals surface area contributed by atoms with E-state index in [1.54, 1.807) is 11.0 Å². The number of rotatable bonds is 4. The van der Waals surface area contributed by atoms with Crippen LogP contribution in [0.4, 0.5) is 10.7 Å². The summed E-state index contributed by atoms with van der Waals surface area (Å²) in [5.74, 6) is 0.767. The fourth-order valence-corrected chi connectivity index (χ4v) is 4.04. The van der Waals surface area contributed by atoms with Crippen LogP contribution in [0.2, 0.25) is 10.0 Å². The van der Waals surface area contributed by atoms with Crippen molar-refractivity contribution in [3.63, 3.8) is 0 Å². The van der Waals surface area contributed by atoms with Crippen LogP contribution in [0.15, 0.2) is 42.5 Å². The Morgan fingerprint density at radius 1 is 1.19 bits per heavy atom. The first-order valence-electron chi connectivity index (χ1n) is 10.3. The number of fused-ring (bicyclic) bond motifs is 1. The Bertz CT molecular complexity index is 1110. The highest BCUT2D eigenvalue weighted by molar-refractivity contribution is 6.42. The van der Waals surface area contributed by atoms with Crippen LogP contribution in [0.1, 0.15) is 32.8 Å². The first kappa shape index (κ1) is 21.8. The Labute approximate surface area is 192 Å². The number of halogens is 2. The Morgan fingerprint density at radius 2 is 1.97 bits per heavy atom. The SMILES string of the molecule is CC(C)(C)OC(=O)N1CCC(Nc2nc3ccccc3n2Cc2ccc(Cl)c(Cl)c2)C1. The second-order valence-electron chi connectivity index (χ2n) is 8.82. The number of nitrogens with zero attached hydrogens (tertiary/aromatic N) is 3. The molecule has 1 unspecified atom stereocenters. The standard InChI is InChI=1S/C23H26Cl2N4O2/c1-23(2,3)31-22(30)28-11-10-16(14-28)26-21-27-19-6-4-5-7-20(19)29(21)13-15-8-9-17(24)18(25)12-15/h4-9,12,16H,10-11,13-14H2,1-3H3,(H,26,27). The van der Waals surface area contributed by atoms with Crippen LogP contribution in [0.3, 0.4) is 0 Å². The minimum Gasteiger partial charge on any atom is -0.444 e. The normalized spacial score (nSPS) is 16.7. The van der Waals surface area contributed by atoms with Gasteiger partial charge in [0.05, 0.1) is 27.6 Å². The third-order valence-electron chi connectivity index (χ3n) is 5.15. The van der Waals surface area contributed by atoms with Gasteiger partial charge in [-0.05, 0) is 57.0 Å². The largest absolute Gasteiger partial charge is 0.444 e. The first-order valence-corrected chi connectivity index (χ1v) is 11.1. The highest BCUT2D eigenvalue weighted by Crippen LogP contribution is 2.27. The van der Waals surface area contributed by atoms with Crippen LogP contribution in [0.5, 0.6) is 0 Å². The highest BCUT2D eigenvalue weighted by atomic mass is 35.5. The van der Waals surface area contributed by atoms with E-state index in [9.17, 15) is 4.79 Å². The second-order valence-corrected chi connectivity index (χ2v) is 9.63. The van der Waals surface area contributed by atoms with E-state index < -0.39 is 5.60 Å². The van der Waals surface area contributed by atoms with Crippen molar-refractivity contribution in [2.45, 2.75) is 45.4 Å². The van der Waals surface area contributed by atoms with Crippen LogP contribution < -0.4 is 5.32 Å². The summed E-state index contributed by atoms with van der Waals surface area (Å²) in [6.45, 7) is 7.46. The molecule has 1 saturated heterocycles. The number of carbonyl (C=O) groups is 1. The Morgan fingerprint density at radius 3 is 2.71 bits per heavy atom. The third-order valence-corrected chi connectivity index (χ3v) is 5.89. The summed E-state index contributed by atoms with van der Waals surface area (Å²) in [6.07, 6.45) is 0.552. The average Bonchev–Trinajstić information content (AvgIpc) is 3.29. The molecule has 164 valence electrons. The lowest BCUT2D eigenvalue weighted by atomic mass is 10.2. The molecule has 6 nitrogen and oxygen atoms in total. The topological polar surface area (TPSA) is 59.4 Å². The molecule has 1 fully saturated rings. The van der Waals surface area contributed by atoms with Gasteiger partial charge in [-0.3, -0.25) is 0 Å². The molecule has 3 aromatic rings. The van der Waals surface area contributed by atoms with Gasteiger partial charge in [-0.25, -0.2) is 9.78 Å². The molecule has 1 amide bonds. The van der Waals surface area contributed by atoms with Gasteiger partial charge in [0.1, 0.15) is 5.60 Å². The molecule has 8 heteroatoms. The molecule has 1 aromatic heterocycles. The number of anilines is 1. The lowest BCUT2D eigenvalue weighted by molar-refractivity contribution is 0.0293. The van der Waals surface area contributed by atoms with Gasteiger partial charge < -0.3 is 19.5 Å². The summed E-state index contributed by atoms with van der Waals surface area (Å²) in [5.41, 5.74) is 2.46. The molecule has 1 atom stereocenters. The zero-order valence-electron chi connectivity index (χ0n) is 17.9. The molecule has 0 bridgehead atoms. The summed E-state index contributed by atoms with van der Waals surface area (Å²) < 4.78 is 7.64. The number of ether oxygens (including phenoxy) is 1. The Kier molecular flexibility index (Phi) is 6.04. The minimum atomic E-state index is -0.504. The fourth-order valence-electron chi connectivity index (χ4n) is 3.72. The fraction of sp³-hybridized carbons (Fsp3) is 0.391. The number of hydrogen-bond acceptors (Lipinski definition) is 4. The van der Waals surface area contributed by atoms with Crippen molar-refractivity contribution in [2.75, 3.05) is 18.4 Å². The number of amides is 1. The van der Waals surface area contributed by atoms with E-state index in [1.807, 2.05) is 57.2 Å². The predicted octanol–water partition coefficient (Wildman–Crippen LogP) is 5.81. The van der Waals surface area contributed by atoms with E-state index >= 15 is 0 Å². The van der Waals surface area contributed by atoms with Crippen molar-refractivity contribution in [3.8, 4) is 0 Å². The molecule has 31 heavy (non-hydrogen) atoms. The van der Waals surface area contributed by atoms with Crippen molar-refractivity contribution >= 4 is 46.3 Å². The molecule has 0 spiro atoms. The number of benzene rings is 2. The van der Waals surface area contributed by atoms with E-state index in [0.29, 0.717) is 29.7 Å². The highest BCUT2D eigenvalue weighted by Gasteiger charge is 2.30. The smallest absolute Gasteiger partial charge is 0.410 e. The zero-order valence-corrected chi connectivity index (χ0v) is 19.4. The Balaban J connectivity index is 1.55. The number of likely N-dealkylation sites (tertiary alicyclic amines) is 1. The van der Waals surface area contributed by atoms with Gasteiger partial charge in [-0.1, -0.05) is 41.4 Å². The maximum atomic E-state index is 12.4. The van der Waals surface area contributed by atoms with Gasteiger partial charge in [0.25, 0.3) is 0 Å². The number of hydrogen-bond donors (Lipinski definition) is 1. The maximum Gasteiger partial charge on any atom is 0.410 e. The third kappa shape index (κ3) is 5.08. The van der Waals surface area contributed by atoms with Crippen LogP contribution in [0.25, 0.3) is 11.0 Å². The molecule has 0 saturated carbocycles. The predicted molar refractivity (Wildman–Crippen MR) is 125 cm³/mol. The summed E-state index contributed by atoms with van der Waals surface area (Å²) in [5, 5.41) is 4.60. The Hall–Kier alpha value is -2.44. The molecule has 1 aliphatic heterocycles. The van der Waals surface area contributed by atoms with Crippen LogP contribution in [-0.4, -0.2) is 45.3 Å². The average molecular weight is 461 g/mol. The summed E-state index contributed by atoms with van der Waals surface area (Å²) >= 11 is 12.3. The maximum absolute atomic E-state index is 12.4. The second kappa shape index (κ2) is 8.60. The van der Waals surface area contributed by atoms with Gasteiger partial charge in [-0.2, -0.15) is 0 Å². The molecule has 2 aromatic carbocycles. The summed E-state index contributed by atoms with van der Waals surface area (Å²) in [6, 6.07) is 13.8. The van der Waals surface area contributed by atoms with Gasteiger partial charge >= 0.3 is 6.09 Å². The van der Waals surface area contributed by atoms with Crippen molar-refractivity contribution in [1.82, 2.24) is 14.5 Å². The lowest BCUT2D eigenvalue weighted by Crippen LogP contribution is -2.36. The molecule has 4 rings (SSSR count). The number of nitrogens with one attached hydrogen (secondary N) is 1. The molecular formula is C23H26Cl2N4O2.